The molecule has 0 bridgehead atoms. The van der Waals surface area contributed by atoms with Gasteiger partial charge in [-0.1, -0.05) is 142 Å². The first-order valence-corrected chi connectivity index (χ1v) is 20.4. The lowest BCUT2D eigenvalue weighted by Gasteiger charge is -2.40. The van der Waals surface area contributed by atoms with Crippen molar-refractivity contribution in [2.45, 2.75) is 218 Å². The molecule has 0 spiro atoms. The van der Waals surface area contributed by atoms with Gasteiger partial charge in [-0.05, 0) is 19.8 Å². The molecule has 1 rings (SSSR count). The van der Waals surface area contributed by atoms with Gasteiger partial charge in [0.1, 0.15) is 42.5 Å². The first-order chi connectivity index (χ1) is 25.0. The molecule has 0 radical (unpaired) electrons. The van der Waals surface area contributed by atoms with Gasteiger partial charge in [-0.2, -0.15) is 0 Å². The highest BCUT2D eigenvalue weighted by molar-refractivity contribution is 5.94. The van der Waals surface area contributed by atoms with E-state index in [2.05, 4.69) is 35.1 Å². The maximum Gasteiger partial charge on any atom is 0.244 e. The van der Waals surface area contributed by atoms with E-state index in [1.54, 1.807) is 0 Å². The highest BCUT2D eigenvalue weighted by Crippen LogP contribution is 2.20. The summed E-state index contributed by atoms with van der Waals surface area (Å²) in [6.07, 6.45) is 15.8. The van der Waals surface area contributed by atoms with Crippen LogP contribution in [-0.2, 0) is 23.9 Å². The lowest BCUT2D eigenvalue weighted by molar-refractivity contribution is -0.236. The fraction of sp³-hybridized carbons (Fsp3) is 0.897. The minimum Gasteiger partial charge on any atom is -0.394 e. The Kier molecular flexibility index (Phi) is 26.7. The van der Waals surface area contributed by atoms with E-state index < -0.39 is 73.1 Å². The molecule has 3 unspecified atom stereocenters. The molecule has 4 amide bonds. The summed E-state index contributed by atoms with van der Waals surface area (Å²) in [6.45, 7) is 6.56. The minimum absolute atomic E-state index is 0.332. The maximum absolute atomic E-state index is 13.5. The Morgan fingerprint density at radius 2 is 0.962 bits per heavy atom. The Balaban J connectivity index is 2.80. The van der Waals surface area contributed by atoms with Crippen LogP contribution in [0.2, 0.25) is 0 Å². The summed E-state index contributed by atoms with van der Waals surface area (Å²) in [4.78, 5) is 52.1. The van der Waals surface area contributed by atoms with E-state index in [-0.39, 0.29) is 5.91 Å². The van der Waals surface area contributed by atoms with Crippen molar-refractivity contribution in [3.63, 3.8) is 0 Å². The molecule has 0 aromatic rings. The number of aliphatic hydroxyl groups excluding tert-OH is 4. The Morgan fingerprint density at radius 3 is 1.38 bits per heavy atom. The number of aliphatic hydroxyl groups is 4. The van der Waals surface area contributed by atoms with Gasteiger partial charge < -0.3 is 46.4 Å². The van der Waals surface area contributed by atoms with Gasteiger partial charge in [0.15, 0.2) is 6.23 Å². The van der Waals surface area contributed by atoms with Crippen LogP contribution in [0, 0.1) is 0 Å². The van der Waals surface area contributed by atoms with Crippen molar-refractivity contribution >= 4 is 23.6 Å². The second-order valence-electron chi connectivity index (χ2n) is 14.7. The summed E-state index contributed by atoms with van der Waals surface area (Å²) in [5.41, 5.74) is 0. The summed E-state index contributed by atoms with van der Waals surface area (Å²) in [5.74, 6) is -2.08. The summed E-state index contributed by atoms with van der Waals surface area (Å²) >= 11 is 0. The molecule has 0 aromatic carbocycles. The van der Waals surface area contributed by atoms with Crippen LogP contribution in [-0.4, -0.2) is 99.4 Å². The summed E-state index contributed by atoms with van der Waals surface area (Å²) in [5, 5.41) is 50.5. The zero-order chi connectivity index (χ0) is 38.7. The van der Waals surface area contributed by atoms with E-state index in [9.17, 15) is 39.6 Å². The highest BCUT2D eigenvalue weighted by atomic mass is 16.6. The third-order valence-corrected chi connectivity index (χ3v) is 9.95. The normalized spacial score (nSPS) is 21.9. The van der Waals surface area contributed by atoms with Crippen molar-refractivity contribution in [3.8, 4) is 0 Å². The lowest BCUT2D eigenvalue weighted by atomic mass is 9.98. The van der Waals surface area contributed by atoms with Crippen LogP contribution in [0.3, 0.4) is 0 Å². The fourth-order valence-electron chi connectivity index (χ4n) is 6.59. The average molecular weight is 743 g/mol. The van der Waals surface area contributed by atoms with Crippen molar-refractivity contribution in [1.29, 1.82) is 0 Å². The largest absolute Gasteiger partial charge is 0.394 e. The van der Waals surface area contributed by atoms with Gasteiger partial charge in [-0.15, -0.1) is 0 Å². The molecule has 0 saturated carbocycles. The smallest absolute Gasteiger partial charge is 0.244 e. The predicted molar refractivity (Wildman–Crippen MR) is 202 cm³/mol. The topological polar surface area (TPSA) is 207 Å². The van der Waals surface area contributed by atoms with Gasteiger partial charge in [0.25, 0.3) is 0 Å². The van der Waals surface area contributed by atoms with Crippen LogP contribution in [0.5, 0.6) is 0 Å². The van der Waals surface area contributed by atoms with E-state index in [0.717, 1.165) is 44.9 Å². The monoisotopic (exact) mass is 743 g/mol. The zero-order valence-corrected chi connectivity index (χ0v) is 32.7. The molecule has 52 heavy (non-hydrogen) atoms. The van der Waals surface area contributed by atoms with Crippen LogP contribution in [0.15, 0.2) is 0 Å². The van der Waals surface area contributed by atoms with Crippen LogP contribution in [0.1, 0.15) is 169 Å². The summed E-state index contributed by atoms with van der Waals surface area (Å²) in [6, 6.07) is -2.86. The third-order valence-electron chi connectivity index (χ3n) is 9.95. The molecule has 13 nitrogen and oxygen atoms in total. The quantitative estimate of drug-likeness (QED) is 0.0500. The average Bonchev–Trinajstić information content (AvgIpc) is 3.11. The standard InChI is InChI=1S/C39H74N4O9/c1-5-7-9-11-13-15-17-19-21-23-25-30(41-29(4)45)38(51)42-31(26-24-22-20-18-16-14-12-10-8-6-2)37(50)40-28(3)36(49)43-39-35(48)34(47)33(46)32(27-44)52-39/h28,30-35,39,44,46-48H,5-27H2,1-4H3,(H,40,50)(H,41,45)(H,42,51)(H,43,49)/t28?,30?,31?,32-,33-,34+,35-,39-/m1/s1. The number of ether oxygens (including phenoxy) is 1. The first-order valence-electron chi connectivity index (χ1n) is 20.4. The van der Waals surface area contributed by atoms with E-state index in [1.807, 2.05) is 0 Å². The van der Waals surface area contributed by atoms with Crippen molar-refractivity contribution in [2.24, 2.45) is 0 Å². The van der Waals surface area contributed by atoms with Crippen molar-refractivity contribution in [3.05, 3.63) is 0 Å². The molecule has 304 valence electrons. The number of carbonyl (C=O) groups excluding carboxylic acids is 4. The maximum atomic E-state index is 13.5. The number of nitrogens with one attached hydrogen (secondary N) is 4. The number of amides is 4. The Labute approximate surface area is 313 Å². The molecule has 1 heterocycles. The summed E-state index contributed by atoms with van der Waals surface area (Å²) < 4.78 is 5.36. The van der Waals surface area contributed by atoms with E-state index >= 15 is 0 Å². The zero-order valence-electron chi connectivity index (χ0n) is 32.7. The molecule has 0 aliphatic carbocycles. The Morgan fingerprint density at radius 1 is 0.558 bits per heavy atom. The molecule has 8 atom stereocenters. The molecular weight excluding hydrogens is 668 g/mol. The molecule has 1 aliphatic rings. The highest BCUT2D eigenvalue weighted by Gasteiger charge is 2.44. The third kappa shape index (κ3) is 20.2. The molecule has 1 aliphatic heterocycles. The van der Waals surface area contributed by atoms with Gasteiger partial charge in [-0.3, -0.25) is 19.2 Å². The van der Waals surface area contributed by atoms with E-state index in [0.29, 0.717) is 19.3 Å². The number of hydrogen-bond donors (Lipinski definition) is 8. The number of carbonyl (C=O) groups is 4. The van der Waals surface area contributed by atoms with Gasteiger partial charge in [0.05, 0.1) is 6.61 Å². The van der Waals surface area contributed by atoms with Crippen molar-refractivity contribution < 1.29 is 44.3 Å². The van der Waals surface area contributed by atoms with Crippen LogP contribution in [0.25, 0.3) is 0 Å². The van der Waals surface area contributed by atoms with Gasteiger partial charge in [-0.25, -0.2) is 0 Å². The van der Waals surface area contributed by atoms with Gasteiger partial charge >= 0.3 is 0 Å². The van der Waals surface area contributed by atoms with Crippen molar-refractivity contribution in [2.75, 3.05) is 6.61 Å². The molecule has 1 fully saturated rings. The van der Waals surface area contributed by atoms with Crippen molar-refractivity contribution in [1.82, 2.24) is 21.3 Å². The molecule has 8 N–H and O–H groups in total. The van der Waals surface area contributed by atoms with E-state index in [1.165, 1.54) is 90.9 Å². The predicted octanol–water partition coefficient (Wildman–Crippen LogP) is 4.02. The molecular formula is C39H74N4O9. The Bertz CT molecular complexity index is 985. The second kappa shape index (κ2) is 29.1. The summed E-state index contributed by atoms with van der Waals surface area (Å²) in [7, 11) is 0. The molecule has 13 heteroatoms. The molecule has 1 saturated heterocycles. The first kappa shape index (κ1) is 47.7. The van der Waals surface area contributed by atoms with Crippen LogP contribution in [0.4, 0.5) is 0 Å². The number of rotatable bonds is 30. The minimum atomic E-state index is -1.67. The second-order valence-corrected chi connectivity index (χ2v) is 14.7. The van der Waals surface area contributed by atoms with Gasteiger partial charge in [0, 0.05) is 6.92 Å². The number of unbranched alkanes of at least 4 members (excludes halogenated alkanes) is 18. The SMILES string of the molecule is CCCCCCCCCCCCC(NC(C)=O)C(=O)NC(CCCCCCCCCCCC)C(=O)NC(C)C(=O)N[C@@H]1O[C@H](CO)[C@@H](O)[C@H](O)[C@H]1O. The number of hydrogen-bond acceptors (Lipinski definition) is 9. The van der Waals surface area contributed by atoms with E-state index in [4.69, 9.17) is 4.74 Å². The lowest BCUT2D eigenvalue weighted by Crippen LogP contribution is -2.64. The van der Waals surface area contributed by atoms with Crippen LogP contribution < -0.4 is 21.3 Å². The fourth-order valence-corrected chi connectivity index (χ4v) is 6.59. The Hall–Kier alpha value is -2.32. The van der Waals surface area contributed by atoms with Crippen LogP contribution >= 0.6 is 0 Å². The molecule has 0 aromatic heterocycles. The van der Waals surface area contributed by atoms with Gasteiger partial charge in [0.2, 0.25) is 23.6 Å².